The number of amides is 1. The highest BCUT2D eigenvalue weighted by atomic mass is 35.5. The Balaban J connectivity index is 2.16. The highest BCUT2D eigenvalue weighted by Gasteiger charge is 2.09. The number of carbonyl (C=O) groups excluding carboxylic acids is 1. The van der Waals surface area contributed by atoms with Crippen molar-refractivity contribution in [2.75, 3.05) is 18.9 Å². The van der Waals surface area contributed by atoms with Crippen molar-refractivity contribution in [1.29, 1.82) is 0 Å². The second-order valence-electron chi connectivity index (χ2n) is 4.67. The summed E-state index contributed by atoms with van der Waals surface area (Å²) in [7, 11) is 0. The summed E-state index contributed by atoms with van der Waals surface area (Å²) in [6, 6.07) is 3.88. The van der Waals surface area contributed by atoms with Crippen molar-refractivity contribution in [3.8, 4) is 0 Å². The van der Waals surface area contributed by atoms with Crippen LogP contribution in [0.25, 0.3) is 0 Å². The Morgan fingerprint density at radius 3 is 2.90 bits per heavy atom. The molecule has 0 aliphatic carbocycles. The van der Waals surface area contributed by atoms with E-state index in [1.54, 1.807) is 23.1 Å². The van der Waals surface area contributed by atoms with Gasteiger partial charge in [-0.05, 0) is 30.9 Å². The molecule has 6 heteroatoms. The fourth-order valence-corrected chi connectivity index (χ4v) is 3.98. The topological polar surface area (TPSA) is 49.3 Å². The van der Waals surface area contributed by atoms with E-state index in [1.165, 1.54) is 4.88 Å². The third-order valence-electron chi connectivity index (χ3n) is 2.93. The summed E-state index contributed by atoms with van der Waals surface area (Å²) in [4.78, 5) is 12.9. The van der Waals surface area contributed by atoms with Crippen LogP contribution in [0.5, 0.6) is 0 Å². The number of rotatable bonds is 10. The van der Waals surface area contributed by atoms with E-state index >= 15 is 0 Å². The molecule has 1 rings (SSSR count). The zero-order valence-corrected chi connectivity index (χ0v) is 14.1. The SMILES string of the molecule is CCCC(CCO)CNC(=O)CSCc1ccc(Cl)s1. The largest absolute Gasteiger partial charge is 0.396 e. The fourth-order valence-electron chi connectivity index (χ4n) is 1.92. The van der Waals surface area contributed by atoms with Crippen LogP contribution in [0, 0.1) is 5.92 Å². The molecule has 0 spiro atoms. The zero-order chi connectivity index (χ0) is 14.8. The van der Waals surface area contributed by atoms with Gasteiger partial charge in [-0.25, -0.2) is 0 Å². The molecular weight excluding hydrogens is 314 g/mol. The number of nitrogens with one attached hydrogen (secondary N) is 1. The second kappa shape index (κ2) is 10.5. The number of hydrogen-bond acceptors (Lipinski definition) is 4. The van der Waals surface area contributed by atoms with Crippen molar-refractivity contribution in [2.45, 2.75) is 31.9 Å². The van der Waals surface area contributed by atoms with Crippen molar-refractivity contribution in [3.05, 3.63) is 21.3 Å². The molecule has 1 atom stereocenters. The second-order valence-corrected chi connectivity index (χ2v) is 7.45. The Kier molecular flexibility index (Phi) is 9.35. The number of thioether (sulfide) groups is 1. The van der Waals surface area contributed by atoms with Crippen LogP contribution in [-0.2, 0) is 10.5 Å². The zero-order valence-electron chi connectivity index (χ0n) is 11.7. The molecule has 0 radical (unpaired) electrons. The highest BCUT2D eigenvalue weighted by molar-refractivity contribution is 7.99. The van der Waals surface area contributed by atoms with Gasteiger partial charge >= 0.3 is 0 Å². The summed E-state index contributed by atoms with van der Waals surface area (Å²) in [6.07, 6.45) is 2.88. The quantitative estimate of drug-likeness (QED) is 0.687. The third-order valence-corrected chi connectivity index (χ3v) is 5.32. The van der Waals surface area contributed by atoms with E-state index in [-0.39, 0.29) is 12.5 Å². The molecule has 2 N–H and O–H groups in total. The van der Waals surface area contributed by atoms with Gasteiger partial charge in [0.25, 0.3) is 0 Å². The summed E-state index contributed by atoms with van der Waals surface area (Å²) in [5, 5.41) is 11.9. The minimum absolute atomic E-state index is 0.0664. The summed E-state index contributed by atoms with van der Waals surface area (Å²) in [5.74, 6) is 1.74. The molecule has 0 fully saturated rings. The standard InChI is InChI=1S/C14H22ClNO2S2/c1-2-3-11(6-7-17)8-16-14(18)10-19-9-12-4-5-13(15)20-12/h4-5,11,17H,2-3,6-10H2,1H3,(H,16,18). The minimum Gasteiger partial charge on any atom is -0.396 e. The first-order valence-electron chi connectivity index (χ1n) is 6.85. The molecule has 0 aliphatic heterocycles. The van der Waals surface area contributed by atoms with E-state index in [0.29, 0.717) is 18.2 Å². The average molecular weight is 336 g/mol. The van der Waals surface area contributed by atoms with Crippen LogP contribution < -0.4 is 5.32 Å². The molecule has 0 saturated carbocycles. The van der Waals surface area contributed by atoms with E-state index in [9.17, 15) is 4.79 Å². The average Bonchev–Trinajstić information content (AvgIpc) is 2.82. The number of aliphatic hydroxyl groups is 1. The molecular formula is C14H22ClNO2S2. The smallest absolute Gasteiger partial charge is 0.230 e. The molecule has 3 nitrogen and oxygen atoms in total. The number of thiophene rings is 1. The van der Waals surface area contributed by atoms with Gasteiger partial charge in [-0.1, -0.05) is 24.9 Å². The van der Waals surface area contributed by atoms with Crippen LogP contribution in [0.3, 0.4) is 0 Å². The van der Waals surface area contributed by atoms with Crippen molar-refractivity contribution < 1.29 is 9.90 Å². The first-order chi connectivity index (χ1) is 9.65. The van der Waals surface area contributed by atoms with Crippen LogP contribution in [0.2, 0.25) is 4.34 Å². The van der Waals surface area contributed by atoms with E-state index in [0.717, 1.165) is 29.4 Å². The Bertz CT molecular complexity index is 392. The molecule has 0 bridgehead atoms. The first kappa shape index (κ1) is 17.8. The van der Waals surface area contributed by atoms with Gasteiger partial charge in [0.1, 0.15) is 0 Å². The maximum Gasteiger partial charge on any atom is 0.230 e. The Morgan fingerprint density at radius 2 is 2.30 bits per heavy atom. The number of halogens is 1. The molecule has 0 saturated heterocycles. The first-order valence-corrected chi connectivity index (χ1v) is 9.20. The van der Waals surface area contributed by atoms with E-state index in [1.807, 2.05) is 12.1 Å². The summed E-state index contributed by atoms with van der Waals surface area (Å²) >= 11 is 9.01. The minimum atomic E-state index is 0.0664. The fraction of sp³-hybridized carbons (Fsp3) is 0.643. The van der Waals surface area contributed by atoms with Crippen molar-refractivity contribution in [2.24, 2.45) is 5.92 Å². The van der Waals surface area contributed by atoms with Gasteiger partial charge in [0, 0.05) is 23.8 Å². The molecule has 20 heavy (non-hydrogen) atoms. The van der Waals surface area contributed by atoms with Gasteiger partial charge in [0.05, 0.1) is 10.1 Å². The van der Waals surface area contributed by atoms with E-state index < -0.39 is 0 Å². The molecule has 1 heterocycles. The number of hydrogen-bond donors (Lipinski definition) is 2. The maximum absolute atomic E-state index is 11.7. The molecule has 1 aromatic rings. The highest BCUT2D eigenvalue weighted by Crippen LogP contribution is 2.24. The monoisotopic (exact) mass is 335 g/mol. The predicted molar refractivity (Wildman–Crippen MR) is 88.6 cm³/mol. The number of aliphatic hydroxyl groups excluding tert-OH is 1. The summed E-state index contributed by atoms with van der Waals surface area (Å²) in [6.45, 7) is 2.97. The van der Waals surface area contributed by atoms with E-state index in [4.69, 9.17) is 16.7 Å². The maximum atomic E-state index is 11.7. The number of carbonyl (C=O) groups is 1. The molecule has 1 aromatic heterocycles. The van der Waals surface area contributed by atoms with Crippen molar-refractivity contribution in [1.82, 2.24) is 5.32 Å². The predicted octanol–water partition coefficient (Wildman–Crippen LogP) is 3.55. The van der Waals surface area contributed by atoms with Gasteiger partial charge in [-0.2, -0.15) is 0 Å². The lowest BCUT2D eigenvalue weighted by Gasteiger charge is -2.15. The van der Waals surface area contributed by atoms with Gasteiger partial charge in [0.2, 0.25) is 5.91 Å². The molecule has 1 amide bonds. The van der Waals surface area contributed by atoms with Crippen LogP contribution in [-0.4, -0.2) is 29.9 Å². The van der Waals surface area contributed by atoms with Gasteiger partial charge in [-0.3, -0.25) is 4.79 Å². The third kappa shape index (κ3) is 7.53. The van der Waals surface area contributed by atoms with Gasteiger partial charge in [0.15, 0.2) is 0 Å². The lowest BCUT2D eigenvalue weighted by molar-refractivity contribution is -0.118. The normalized spacial score (nSPS) is 12.3. The Hall–Kier alpha value is -0.230. The van der Waals surface area contributed by atoms with Gasteiger partial charge in [-0.15, -0.1) is 23.1 Å². The van der Waals surface area contributed by atoms with Crippen molar-refractivity contribution in [3.63, 3.8) is 0 Å². The Morgan fingerprint density at radius 1 is 1.50 bits per heavy atom. The summed E-state index contributed by atoms with van der Waals surface area (Å²) < 4.78 is 0.788. The molecule has 0 aliphatic rings. The summed E-state index contributed by atoms with van der Waals surface area (Å²) in [5.41, 5.74) is 0. The lowest BCUT2D eigenvalue weighted by Crippen LogP contribution is -2.31. The molecule has 114 valence electrons. The molecule has 1 unspecified atom stereocenters. The van der Waals surface area contributed by atoms with Gasteiger partial charge < -0.3 is 10.4 Å². The van der Waals surface area contributed by atoms with Crippen LogP contribution in [0.15, 0.2) is 12.1 Å². The van der Waals surface area contributed by atoms with Crippen LogP contribution in [0.1, 0.15) is 31.1 Å². The van der Waals surface area contributed by atoms with Crippen LogP contribution >= 0.6 is 34.7 Å². The molecule has 0 aromatic carbocycles. The lowest BCUT2D eigenvalue weighted by atomic mass is 10.0. The van der Waals surface area contributed by atoms with Crippen molar-refractivity contribution >= 4 is 40.6 Å². The van der Waals surface area contributed by atoms with E-state index in [2.05, 4.69) is 12.2 Å². The Labute approximate surface area is 134 Å². The van der Waals surface area contributed by atoms with Crippen LogP contribution in [0.4, 0.5) is 0 Å².